The van der Waals surface area contributed by atoms with Crippen molar-refractivity contribution in [2.24, 2.45) is 16.7 Å². The third-order valence-corrected chi connectivity index (χ3v) is 4.69. The van der Waals surface area contributed by atoms with Gasteiger partial charge in [-0.1, -0.05) is 6.42 Å². The molecule has 0 amide bonds. The fourth-order valence-electron chi connectivity index (χ4n) is 3.61. The average Bonchev–Trinajstić information content (AvgIpc) is 2.36. The van der Waals surface area contributed by atoms with E-state index in [0.717, 1.165) is 19.3 Å². The van der Waals surface area contributed by atoms with E-state index in [-0.39, 0.29) is 5.92 Å². The van der Waals surface area contributed by atoms with Crippen LogP contribution in [0, 0.1) is 29.1 Å². The third kappa shape index (κ3) is 0.514. The van der Waals surface area contributed by atoms with E-state index in [9.17, 15) is 8.78 Å². The van der Waals surface area contributed by atoms with Crippen molar-refractivity contribution in [2.75, 3.05) is 0 Å². The summed E-state index contributed by atoms with van der Waals surface area (Å²) in [5.41, 5.74) is -1.23. The van der Waals surface area contributed by atoms with Gasteiger partial charge in [0.1, 0.15) is 0 Å². The summed E-state index contributed by atoms with van der Waals surface area (Å²) < 4.78 is 27.1. The molecular formula is C11H12F2. The fourth-order valence-corrected chi connectivity index (χ4v) is 3.61. The molecule has 0 bridgehead atoms. The van der Waals surface area contributed by atoms with Gasteiger partial charge in [0.2, 0.25) is 0 Å². The molecule has 13 heavy (non-hydrogen) atoms. The molecule has 0 unspecified atom stereocenters. The first-order valence-electron chi connectivity index (χ1n) is 4.94. The highest BCUT2D eigenvalue weighted by Gasteiger charge is 2.93. The van der Waals surface area contributed by atoms with Crippen LogP contribution in [0.2, 0.25) is 0 Å². The summed E-state index contributed by atoms with van der Waals surface area (Å²) in [7, 11) is 0. The Morgan fingerprint density at radius 1 is 1.15 bits per heavy atom. The Bertz CT molecular complexity index is 301. The van der Waals surface area contributed by atoms with Crippen molar-refractivity contribution in [3.63, 3.8) is 0 Å². The van der Waals surface area contributed by atoms with Crippen LogP contribution >= 0.6 is 0 Å². The summed E-state index contributed by atoms with van der Waals surface area (Å²) in [6.45, 7) is 0. The maximum atomic E-state index is 13.6. The number of rotatable bonds is 0. The summed E-state index contributed by atoms with van der Waals surface area (Å²) in [6.07, 6.45) is 8.84. The van der Waals surface area contributed by atoms with Crippen LogP contribution in [0.4, 0.5) is 8.78 Å². The van der Waals surface area contributed by atoms with Crippen LogP contribution in [-0.2, 0) is 0 Å². The second-order valence-corrected chi connectivity index (χ2v) is 4.86. The summed E-state index contributed by atoms with van der Waals surface area (Å²) in [6, 6.07) is 0. The number of fused-ring (bicyclic) bond motifs is 1. The van der Waals surface area contributed by atoms with Crippen LogP contribution in [0.25, 0.3) is 0 Å². The van der Waals surface area contributed by atoms with Gasteiger partial charge in [-0.25, -0.2) is 8.78 Å². The molecule has 3 aliphatic carbocycles. The Labute approximate surface area is 76.7 Å². The Morgan fingerprint density at radius 2 is 1.77 bits per heavy atom. The minimum Gasteiger partial charge on any atom is -0.206 e. The molecule has 0 atom stereocenters. The van der Waals surface area contributed by atoms with E-state index in [1.165, 1.54) is 0 Å². The van der Waals surface area contributed by atoms with Crippen LogP contribution in [-0.4, -0.2) is 5.92 Å². The minimum atomic E-state index is -2.38. The van der Waals surface area contributed by atoms with Gasteiger partial charge >= 0.3 is 0 Å². The third-order valence-electron chi connectivity index (χ3n) is 4.69. The van der Waals surface area contributed by atoms with E-state index in [4.69, 9.17) is 6.42 Å². The summed E-state index contributed by atoms with van der Waals surface area (Å²) >= 11 is 0. The van der Waals surface area contributed by atoms with Gasteiger partial charge in [0.05, 0.1) is 0 Å². The molecule has 0 aliphatic heterocycles. The molecule has 0 saturated heterocycles. The smallest absolute Gasteiger partial charge is 0.206 e. The van der Waals surface area contributed by atoms with E-state index in [1.807, 2.05) is 0 Å². The van der Waals surface area contributed by atoms with Crippen molar-refractivity contribution in [3.05, 3.63) is 0 Å². The highest BCUT2D eigenvalue weighted by Crippen LogP contribution is 2.89. The van der Waals surface area contributed by atoms with Gasteiger partial charge in [-0.2, -0.15) is 0 Å². The number of hydrogen-bond acceptors (Lipinski definition) is 0. The first kappa shape index (κ1) is 7.79. The zero-order valence-electron chi connectivity index (χ0n) is 7.45. The Hall–Kier alpha value is -0.580. The maximum Gasteiger partial charge on any atom is 0.260 e. The molecule has 3 saturated carbocycles. The van der Waals surface area contributed by atoms with E-state index in [2.05, 4.69) is 5.92 Å². The fraction of sp³-hybridized carbons (Fsp3) is 0.818. The lowest BCUT2D eigenvalue weighted by Gasteiger charge is -2.38. The molecule has 0 aromatic carbocycles. The molecule has 3 rings (SSSR count). The molecule has 0 radical (unpaired) electrons. The van der Waals surface area contributed by atoms with Crippen molar-refractivity contribution in [3.8, 4) is 12.3 Å². The van der Waals surface area contributed by atoms with Gasteiger partial charge in [-0.15, -0.1) is 12.3 Å². The quantitative estimate of drug-likeness (QED) is 0.505. The molecule has 0 aromatic heterocycles. The Morgan fingerprint density at radius 3 is 2.08 bits per heavy atom. The lowest BCUT2D eigenvalue weighted by molar-refractivity contribution is 0.00643. The first-order valence-corrected chi connectivity index (χ1v) is 4.94. The Kier molecular flexibility index (Phi) is 1.06. The van der Waals surface area contributed by atoms with Gasteiger partial charge in [0.25, 0.3) is 5.92 Å². The van der Waals surface area contributed by atoms with E-state index >= 15 is 0 Å². The van der Waals surface area contributed by atoms with E-state index < -0.39 is 16.8 Å². The van der Waals surface area contributed by atoms with E-state index in [0.29, 0.717) is 12.8 Å². The second-order valence-electron chi connectivity index (χ2n) is 4.86. The highest BCUT2D eigenvalue weighted by atomic mass is 19.3. The highest BCUT2D eigenvalue weighted by molar-refractivity contribution is 5.36. The average molecular weight is 182 g/mol. The predicted molar refractivity (Wildman–Crippen MR) is 45.2 cm³/mol. The zero-order valence-corrected chi connectivity index (χ0v) is 7.45. The van der Waals surface area contributed by atoms with Crippen LogP contribution in [0.1, 0.15) is 32.1 Å². The summed E-state index contributed by atoms with van der Waals surface area (Å²) in [4.78, 5) is 0. The number of hydrogen-bond donors (Lipinski definition) is 0. The van der Waals surface area contributed by atoms with Gasteiger partial charge < -0.3 is 0 Å². The summed E-state index contributed by atoms with van der Waals surface area (Å²) in [5.74, 6) is 0.335. The van der Waals surface area contributed by atoms with Gasteiger partial charge in [0.15, 0.2) is 0 Å². The van der Waals surface area contributed by atoms with Gasteiger partial charge in [0, 0.05) is 16.7 Å². The van der Waals surface area contributed by atoms with Crippen molar-refractivity contribution >= 4 is 0 Å². The van der Waals surface area contributed by atoms with Gasteiger partial charge in [-0.3, -0.25) is 0 Å². The maximum absolute atomic E-state index is 13.6. The lowest BCUT2D eigenvalue weighted by atomic mass is 9.62. The molecule has 0 aromatic rings. The molecule has 0 N–H and O–H groups in total. The molecule has 2 spiro atoms. The molecule has 2 heteroatoms. The van der Waals surface area contributed by atoms with Crippen molar-refractivity contribution in [2.45, 2.75) is 38.0 Å². The lowest BCUT2D eigenvalue weighted by Crippen LogP contribution is -2.33. The van der Waals surface area contributed by atoms with E-state index in [1.54, 1.807) is 0 Å². The molecule has 3 aliphatic rings. The zero-order chi connectivity index (χ0) is 9.32. The largest absolute Gasteiger partial charge is 0.260 e. The topological polar surface area (TPSA) is 0 Å². The molecule has 0 nitrogen and oxygen atoms in total. The normalized spacial score (nSPS) is 47.9. The van der Waals surface area contributed by atoms with Crippen molar-refractivity contribution in [1.29, 1.82) is 0 Å². The molecule has 3 fully saturated rings. The van der Waals surface area contributed by atoms with Gasteiger partial charge in [-0.05, 0) is 25.7 Å². The van der Waals surface area contributed by atoms with Crippen LogP contribution < -0.4 is 0 Å². The second kappa shape index (κ2) is 1.78. The SMILES string of the molecule is C#CC1CC2(C1)C(F)(F)C21CCC1. The summed E-state index contributed by atoms with van der Waals surface area (Å²) in [5, 5.41) is 0. The van der Waals surface area contributed by atoms with Crippen molar-refractivity contribution in [1.82, 2.24) is 0 Å². The molecular weight excluding hydrogens is 170 g/mol. The van der Waals surface area contributed by atoms with Crippen molar-refractivity contribution < 1.29 is 8.78 Å². The standard InChI is InChI=1S/C11H12F2/c1-2-8-6-10(7-8)9(4-3-5-9)11(10,12)13/h1,8H,3-7H2. The number of halogens is 2. The minimum absolute atomic E-state index is 0.130. The number of alkyl halides is 2. The molecule has 70 valence electrons. The monoisotopic (exact) mass is 182 g/mol. The van der Waals surface area contributed by atoms with Crippen LogP contribution in [0.3, 0.4) is 0 Å². The first-order chi connectivity index (χ1) is 6.10. The predicted octanol–water partition coefficient (Wildman–Crippen LogP) is 2.84. The molecule has 0 heterocycles. The van der Waals surface area contributed by atoms with Crippen LogP contribution in [0.5, 0.6) is 0 Å². The Balaban J connectivity index is 1.86. The number of terminal acetylenes is 1. The van der Waals surface area contributed by atoms with Crippen LogP contribution in [0.15, 0.2) is 0 Å².